The molecule has 1 aliphatic heterocycles. The van der Waals surface area contributed by atoms with Crippen molar-refractivity contribution in [2.24, 2.45) is 0 Å². The Bertz CT molecular complexity index is 1070. The molecule has 0 radical (unpaired) electrons. The van der Waals surface area contributed by atoms with Gasteiger partial charge in [-0.3, -0.25) is 14.4 Å². The third-order valence-electron chi connectivity index (χ3n) is 5.00. The normalized spacial score (nSPS) is 13.6. The number of rotatable bonds is 10. The maximum absolute atomic E-state index is 12.8. The van der Waals surface area contributed by atoms with Gasteiger partial charge in [0, 0.05) is 54.0 Å². The molecule has 0 unspecified atom stereocenters. The molecule has 3 amide bonds. The molecule has 32 heavy (non-hydrogen) atoms. The predicted octanol–water partition coefficient (Wildman–Crippen LogP) is 1.40. The average molecular weight is 501 g/mol. The van der Waals surface area contributed by atoms with Gasteiger partial charge in [0.2, 0.25) is 11.8 Å². The molecule has 0 bridgehead atoms. The summed E-state index contributed by atoms with van der Waals surface area (Å²) in [7, 11) is 0. The Kier molecular flexibility index (Phi) is 7.82. The molecule has 0 saturated carbocycles. The molecular weight excluding hydrogens is 476 g/mol. The summed E-state index contributed by atoms with van der Waals surface area (Å²) >= 11 is 3.44. The van der Waals surface area contributed by atoms with Gasteiger partial charge in [-0.1, -0.05) is 22.5 Å². The van der Waals surface area contributed by atoms with Crippen molar-refractivity contribution in [1.82, 2.24) is 25.4 Å². The summed E-state index contributed by atoms with van der Waals surface area (Å²) in [5.41, 5.74) is 1.26. The van der Waals surface area contributed by atoms with Crippen LogP contribution in [0.1, 0.15) is 10.4 Å². The standard InChI is InChI=1S/C22H25BrN6O3/c1-2-21(31)29-11-16(12-29)27-20(30)14-28-13-18(17-10-15(23)4-5-19(17)28)22(32)26-9-8-25-7-3-6-24/h2-7,10,13,16,24-25H,1,8-9,11-12,14H2,(H,26,32)(H,27,30)/b7-3-,24-6?. The molecule has 1 aromatic carbocycles. The highest BCUT2D eigenvalue weighted by Gasteiger charge is 2.30. The minimum Gasteiger partial charge on any atom is -0.389 e. The molecule has 2 aromatic rings. The number of halogens is 1. The van der Waals surface area contributed by atoms with Crippen LogP contribution < -0.4 is 16.0 Å². The van der Waals surface area contributed by atoms with E-state index >= 15 is 0 Å². The number of hydrogen-bond donors (Lipinski definition) is 4. The number of carbonyl (C=O) groups is 3. The zero-order valence-electron chi connectivity index (χ0n) is 17.4. The van der Waals surface area contributed by atoms with Crippen LogP contribution in [0.2, 0.25) is 0 Å². The Labute approximate surface area is 194 Å². The third kappa shape index (κ3) is 5.64. The van der Waals surface area contributed by atoms with Crippen LogP contribution in [-0.4, -0.2) is 65.6 Å². The lowest BCUT2D eigenvalue weighted by atomic mass is 10.1. The molecule has 10 heteroatoms. The first-order valence-electron chi connectivity index (χ1n) is 10.1. The molecule has 1 fully saturated rings. The van der Waals surface area contributed by atoms with E-state index < -0.39 is 0 Å². The smallest absolute Gasteiger partial charge is 0.253 e. The molecule has 0 aliphatic carbocycles. The van der Waals surface area contributed by atoms with E-state index in [4.69, 9.17) is 5.41 Å². The second-order valence-electron chi connectivity index (χ2n) is 7.28. The van der Waals surface area contributed by atoms with E-state index in [9.17, 15) is 14.4 Å². The lowest BCUT2D eigenvalue weighted by Crippen LogP contribution is -2.61. The topological polar surface area (TPSA) is 119 Å². The monoisotopic (exact) mass is 500 g/mol. The van der Waals surface area contributed by atoms with Crippen LogP contribution >= 0.6 is 15.9 Å². The lowest BCUT2D eigenvalue weighted by molar-refractivity contribution is -0.133. The van der Waals surface area contributed by atoms with Crippen molar-refractivity contribution in [3.05, 3.63) is 59.4 Å². The van der Waals surface area contributed by atoms with Gasteiger partial charge >= 0.3 is 0 Å². The van der Waals surface area contributed by atoms with Crippen molar-refractivity contribution in [3.63, 3.8) is 0 Å². The summed E-state index contributed by atoms with van der Waals surface area (Å²) in [5, 5.41) is 16.4. The number of benzene rings is 1. The maximum atomic E-state index is 12.8. The highest BCUT2D eigenvalue weighted by atomic mass is 79.9. The van der Waals surface area contributed by atoms with Gasteiger partial charge in [0.25, 0.3) is 5.91 Å². The molecule has 168 valence electrons. The summed E-state index contributed by atoms with van der Waals surface area (Å²) < 4.78 is 2.59. The maximum Gasteiger partial charge on any atom is 0.253 e. The van der Waals surface area contributed by atoms with Crippen LogP contribution in [0.5, 0.6) is 0 Å². The van der Waals surface area contributed by atoms with Gasteiger partial charge in [-0.2, -0.15) is 0 Å². The van der Waals surface area contributed by atoms with Crippen molar-refractivity contribution < 1.29 is 14.4 Å². The number of likely N-dealkylation sites (tertiary alicyclic amines) is 1. The van der Waals surface area contributed by atoms with E-state index in [2.05, 4.69) is 38.5 Å². The van der Waals surface area contributed by atoms with E-state index in [0.717, 1.165) is 21.6 Å². The third-order valence-corrected chi connectivity index (χ3v) is 5.49. The van der Waals surface area contributed by atoms with Crippen LogP contribution in [0, 0.1) is 5.41 Å². The first kappa shape index (κ1) is 23.3. The Morgan fingerprint density at radius 3 is 2.75 bits per heavy atom. The quantitative estimate of drug-likeness (QED) is 0.224. The molecule has 0 spiro atoms. The van der Waals surface area contributed by atoms with Crippen LogP contribution in [0.25, 0.3) is 10.9 Å². The summed E-state index contributed by atoms with van der Waals surface area (Å²) in [6.45, 7) is 5.38. The summed E-state index contributed by atoms with van der Waals surface area (Å²) in [6.07, 6.45) is 7.29. The van der Waals surface area contributed by atoms with Crippen LogP contribution in [0.4, 0.5) is 0 Å². The van der Waals surface area contributed by atoms with Gasteiger partial charge < -0.3 is 30.8 Å². The molecule has 1 aromatic heterocycles. The highest BCUT2D eigenvalue weighted by Crippen LogP contribution is 2.25. The number of nitrogens with one attached hydrogen (secondary N) is 4. The largest absolute Gasteiger partial charge is 0.389 e. The van der Waals surface area contributed by atoms with Gasteiger partial charge in [0.05, 0.1) is 11.6 Å². The number of allylic oxidation sites excluding steroid dienone is 1. The van der Waals surface area contributed by atoms with Crippen molar-refractivity contribution in [3.8, 4) is 0 Å². The van der Waals surface area contributed by atoms with E-state index in [-0.39, 0.29) is 30.3 Å². The second kappa shape index (κ2) is 10.8. The zero-order chi connectivity index (χ0) is 23.1. The first-order chi connectivity index (χ1) is 15.4. The molecule has 1 aliphatic rings. The summed E-state index contributed by atoms with van der Waals surface area (Å²) in [5.74, 6) is -0.564. The second-order valence-corrected chi connectivity index (χ2v) is 8.20. The zero-order valence-corrected chi connectivity index (χ0v) is 19.0. The number of hydrogen-bond acceptors (Lipinski definition) is 5. The minimum atomic E-state index is -0.234. The van der Waals surface area contributed by atoms with Crippen molar-refractivity contribution in [1.29, 1.82) is 5.41 Å². The Balaban J connectivity index is 1.64. The fourth-order valence-corrected chi connectivity index (χ4v) is 3.79. The molecule has 9 nitrogen and oxygen atoms in total. The van der Waals surface area contributed by atoms with E-state index in [1.807, 2.05) is 18.2 Å². The Hall–Kier alpha value is -3.40. The van der Waals surface area contributed by atoms with Gasteiger partial charge in [-0.15, -0.1) is 0 Å². The van der Waals surface area contributed by atoms with E-state index in [1.165, 1.54) is 6.08 Å². The van der Waals surface area contributed by atoms with Crippen molar-refractivity contribution in [2.45, 2.75) is 12.6 Å². The van der Waals surface area contributed by atoms with Crippen LogP contribution in [-0.2, 0) is 16.1 Å². The molecule has 1 saturated heterocycles. The van der Waals surface area contributed by atoms with Gasteiger partial charge in [0.15, 0.2) is 0 Å². The number of amides is 3. The molecule has 2 heterocycles. The fraction of sp³-hybridized carbons (Fsp3) is 0.273. The van der Waals surface area contributed by atoms with E-state index in [1.54, 1.807) is 27.9 Å². The van der Waals surface area contributed by atoms with Gasteiger partial charge in [-0.05, 0) is 36.6 Å². The number of fused-ring (bicyclic) bond motifs is 1. The summed E-state index contributed by atoms with van der Waals surface area (Å²) in [6, 6.07) is 5.50. The van der Waals surface area contributed by atoms with Crippen molar-refractivity contribution >= 4 is 50.8 Å². The van der Waals surface area contributed by atoms with Crippen LogP contribution in [0.3, 0.4) is 0 Å². The summed E-state index contributed by atoms with van der Waals surface area (Å²) in [4.78, 5) is 38.4. The number of carbonyl (C=O) groups excluding carboxylic acids is 3. The number of aromatic nitrogens is 1. The lowest BCUT2D eigenvalue weighted by Gasteiger charge is -2.38. The Morgan fingerprint density at radius 1 is 1.25 bits per heavy atom. The fourth-order valence-electron chi connectivity index (χ4n) is 3.43. The Morgan fingerprint density at radius 2 is 2.03 bits per heavy atom. The van der Waals surface area contributed by atoms with Gasteiger partial charge in [-0.25, -0.2) is 0 Å². The molecule has 0 atom stereocenters. The minimum absolute atomic E-state index is 0.0628. The number of nitrogens with zero attached hydrogens (tertiary/aromatic N) is 2. The molecule has 3 rings (SSSR count). The molecule has 4 N–H and O–H groups in total. The SMILES string of the molecule is C=CC(=O)N1CC(NC(=O)Cn2cc(C(=O)NCCN/C=C\C=N)c3cc(Br)ccc32)C1. The predicted molar refractivity (Wildman–Crippen MR) is 127 cm³/mol. The average Bonchev–Trinajstić information content (AvgIpc) is 3.09. The highest BCUT2D eigenvalue weighted by molar-refractivity contribution is 9.10. The molecular formula is C22H25BrN6O3. The van der Waals surface area contributed by atoms with Gasteiger partial charge in [0.1, 0.15) is 6.54 Å². The van der Waals surface area contributed by atoms with Crippen LogP contribution in [0.15, 0.2) is 53.8 Å². The van der Waals surface area contributed by atoms with E-state index in [0.29, 0.717) is 31.7 Å². The first-order valence-corrected chi connectivity index (χ1v) is 10.9. The van der Waals surface area contributed by atoms with Crippen molar-refractivity contribution in [2.75, 3.05) is 26.2 Å².